The third kappa shape index (κ3) is 4.33. The van der Waals surface area contributed by atoms with Gasteiger partial charge in [0, 0.05) is 21.3 Å². The molecule has 58 valence electrons. The molecule has 3 heteroatoms. The van der Waals surface area contributed by atoms with E-state index >= 15 is 0 Å². The summed E-state index contributed by atoms with van der Waals surface area (Å²) < 4.78 is 14.3. The summed E-state index contributed by atoms with van der Waals surface area (Å²) in [5, 5.41) is 0. The normalized spacial score (nSPS) is 9.20. The maximum absolute atomic E-state index is 4.79. The Kier molecular flexibility index (Phi) is 6.19. The number of methoxy groups -OCH3 is 3. The van der Waals surface area contributed by atoms with E-state index in [1.807, 2.05) is 0 Å². The van der Waals surface area contributed by atoms with Gasteiger partial charge in [-0.2, -0.15) is 0 Å². The highest BCUT2D eigenvalue weighted by Gasteiger charge is 1.95. The second kappa shape index (κ2) is 6.56. The lowest BCUT2D eigenvalue weighted by Crippen LogP contribution is -2.09. The second-order valence-corrected chi connectivity index (χ2v) is 1.56. The Morgan fingerprint density at radius 3 is 2.20 bits per heavy atom. The molecule has 0 amide bonds. The Morgan fingerprint density at radius 1 is 1.20 bits per heavy atom. The van der Waals surface area contributed by atoms with Gasteiger partial charge >= 0.3 is 0 Å². The van der Waals surface area contributed by atoms with E-state index in [0.29, 0.717) is 6.61 Å². The van der Waals surface area contributed by atoms with Crippen LogP contribution in [0.4, 0.5) is 0 Å². The van der Waals surface area contributed by atoms with Gasteiger partial charge in [-0.1, -0.05) is 5.92 Å². The van der Waals surface area contributed by atoms with E-state index < -0.39 is 6.29 Å². The van der Waals surface area contributed by atoms with Crippen LogP contribution in [0.1, 0.15) is 0 Å². The molecular weight excluding hydrogens is 132 g/mol. The zero-order valence-corrected chi connectivity index (χ0v) is 6.51. The van der Waals surface area contributed by atoms with Gasteiger partial charge < -0.3 is 14.2 Å². The molecule has 0 unspecified atom stereocenters. The summed E-state index contributed by atoms with van der Waals surface area (Å²) in [6, 6.07) is 0. The van der Waals surface area contributed by atoms with Crippen LogP contribution in [0.2, 0.25) is 0 Å². The molecule has 10 heavy (non-hydrogen) atoms. The summed E-state index contributed by atoms with van der Waals surface area (Å²) in [4.78, 5) is 0. The molecule has 0 aliphatic carbocycles. The molecule has 0 saturated heterocycles. The van der Waals surface area contributed by atoms with Crippen molar-refractivity contribution in [3.8, 4) is 11.8 Å². The Labute approximate surface area is 61.3 Å². The molecule has 0 atom stereocenters. The van der Waals surface area contributed by atoms with E-state index in [-0.39, 0.29) is 0 Å². The van der Waals surface area contributed by atoms with Crippen LogP contribution in [0.15, 0.2) is 0 Å². The summed E-state index contributed by atoms with van der Waals surface area (Å²) >= 11 is 0. The molecule has 0 aromatic heterocycles. The molecule has 0 aromatic carbocycles. The highest BCUT2D eigenvalue weighted by Crippen LogP contribution is 1.85. The molecule has 0 saturated carbocycles. The molecule has 0 heterocycles. The highest BCUT2D eigenvalue weighted by molar-refractivity contribution is 5.02. The van der Waals surface area contributed by atoms with Crippen molar-refractivity contribution in [2.24, 2.45) is 0 Å². The number of ether oxygens (including phenoxy) is 3. The second-order valence-electron chi connectivity index (χ2n) is 1.56. The van der Waals surface area contributed by atoms with Gasteiger partial charge in [0.05, 0.1) is 0 Å². The summed E-state index contributed by atoms with van der Waals surface area (Å²) in [5.74, 6) is 5.42. The van der Waals surface area contributed by atoms with Crippen molar-refractivity contribution in [2.45, 2.75) is 6.29 Å². The van der Waals surface area contributed by atoms with Crippen LogP contribution < -0.4 is 0 Å². The van der Waals surface area contributed by atoms with Gasteiger partial charge in [0.2, 0.25) is 6.29 Å². The van der Waals surface area contributed by atoms with Crippen LogP contribution in [0, 0.1) is 11.8 Å². The fourth-order valence-electron chi connectivity index (χ4n) is 0.411. The van der Waals surface area contributed by atoms with Crippen molar-refractivity contribution < 1.29 is 14.2 Å². The average molecular weight is 144 g/mol. The van der Waals surface area contributed by atoms with Crippen molar-refractivity contribution in [3.05, 3.63) is 0 Å². The lowest BCUT2D eigenvalue weighted by Gasteiger charge is -2.03. The first kappa shape index (κ1) is 9.44. The minimum Gasteiger partial charge on any atom is -0.372 e. The van der Waals surface area contributed by atoms with Crippen molar-refractivity contribution in [1.29, 1.82) is 0 Å². The van der Waals surface area contributed by atoms with E-state index in [9.17, 15) is 0 Å². The largest absolute Gasteiger partial charge is 0.372 e. The summed E-state index contributed by atoms with van der Waals surface area (Å²) in [5.41, 5.74) is 0. The predicted molar refractivity (Wildman–Crippen MR) is 37.5 cm³/mol. The van der Waals surface area contributed by atoms with Gasteiger partial charge in [-0.05, 0) is 5.92 Å². The molecule has 0 aliphatic rings. The van der Waals surface area contributed by atoms with Crippen molar-refractivity contribution in [2.75, 3.05) is 27.9 Å². The molecule has 0 bridgehead atoms. The Morgan fingerprint density at radius 2 is 1.80 bits per heavy atom. The molecule has 0 N–H and O–H groups in total. The minimum atomic E-state index is -0.435. The molecule has 0 spiro atoms. The zero-order chi connectivity index (χ0) is 7.82. The number of hydrogen-bond acceptors (Lipinski definition) is 3. The van der Waals surface area contributed by atoms with E-state index in [1.54, 1.807) is 7.11 Å². The lowest BCUT2D eigenvalue weighted by molar-refractivity contribution is -0.0596. The molecule has 0 fully saturated rings. The molecule has 0 aliphatic heterocycles. The first-order valence-corrected chi connectivity index (χ1v) is 2.88. The Bertz CT molecular complexity index is 119. The monoisotopic (exact) mass is 144 g/mol. The Balaban J connectivity index is 3.52. The number of rotatable bonds is 3. The zero-order valence-electron chi connectivity index (χ0n) is 6.51. The fraction of sp³-hybridized carbons (Fsp3) is 0.714. The Hall–Kier alpha value is -0.560. The minimum absolute atomic E-state index is 0.406. The molecular formula is C7H12O3. The van der Waals surface area contributed by atoms with Crippen LogP contribution >= 0.6 is 0 Å². The standard InChI is InChI=1S/C7H12O3/c1-8-6-4-5-7(9-2)10-3/h7H,6H2,1-3H3. The molecule has 3 nitrogen and oxygen atoms in total. The fourth-order valence-corrected chi connectivity index (χ4v) is 0.411. The van der Waals surface area contributed by atoms with Crippen LogP contribution in [0.25, 0.3) is 0 Å². The summed E-state index contributed by atoms with van der Waals surface area (Å²) in [6.07, 6.45) is -0.435. The molecule has 0 radical (unpaired) electrons. The highest BCUT2D eigenvalue weighted by atomic mass is 16.7. The quantitative estimate of drug-likeness (QED) is 0.420. The average Bonchev–Trinajstić information content (AvgIpc) is 1.99. The molecule has 0 rings (SSSR count). The predicted octanol–water partition coefficient (Wildman–Crippen LogP) is 0.255. The first-order chi connectivity index (χ1) is 4.85. The van der Waals surface area contributed by atoms with Crippen molar-refractivity contribution in [3.63, 3.8) is 0 Å². The first-order valence-electron chi connectivity index (χ1n) is 2.88. The van der Waals surface area contributed by atoms with Crippen LogP contribution in [-0.2, 0) is 14.2 Å². The van der Waals surface area contributed by atoms with Crippen molar-refractivity contribution >= 4 is 0 Å². The van der Waals surface area contributed by atoms with Gasteiger partial charge in [-0.15, -0.1) is 0 Å². The summed E-state index contributed by atoms with van der Waals surface area (Å²) in [7, 11) is 4.66. The van der Waals surface area contributed by atoms with Gasteiger partial charge in [0.15, 0.2) is 0 Å². The maximum atomic E-state index is 4.79. The van der Waals surface area contributed by atoms with Crippen molar-refractivity contribution in [1.82, 2.24) is 0 Å². The number of hydrogen-bond donors (Lipinski definition) is 0. The lowest BCUT2D eigenvalue weighted by atomic mass is 10.5. The van der Waals surface area contributed by atoms with Gasteiger partial charge in [-0.25, -0.2) is 0 Å². The van der Waals surface area contributed by atoms with Gasteiger partial charge in [0.1, 0.15) is 6.61 Å². The van der Waals surface area contributed by atoms with E-state index in [1.165, 1.54) is 14.2 Å². The van der Waals surface area contributed by atoms with E-state index in [2.05, 4.69) is 11.8 Å². The summed E-state index contributed by atoms with van der Waals surface area (Å²) in [6.45, 7) is 0.406. The van der Waals surface area contributed by atoms with E-state index in [4.69, 9.17) is 14.2 Å². The topological polar surface area (TPSA) is 27.7 Å². The smallest absolute Gasteiger partial charge is 0.221 e. The van der Waals surface area contributed by atoms with Crippen LogP contribution in [0.3, 0.4) is 0 Å². The molecule has 0 aromatic rings. The maximum Gasteiger partial charge on any atom is 0.221 e. The van der Waals surface area contributed by atoms with Gasteiger partial charge in [-0.3, -0.25) is 0 Å². The van der Waals surface area contributed by atoms with E-state index in [0.717, 1.165) is 0 Å². The van der Waals surface area contributed by atoms with Gasteiger partial charge in [0.25, 0.3) is 0 Å². The van der Waals surface area contributed by atoms with Crippen LogP contribution in [-0.4, -0.2) is 34.2 Å². The third-order valence-corrected chi connectivity index (χ3v) is 0.865. The van der Waals surface area contributed by atoms with Crippen LogP contribution in [0.5, 0.6) is 0 Å². The SMILES string of the molecule is COCC#CC(OC)OC. The third-order valence-electron chi connectivity index (χ3n) is 0.865.